The molecule has 0 saturated heterocycles. The molecule has 0 fully saturated rings. The summed E-state index contributed by atoms with van der Waals surface area (Å²) in [5.41, 5.74) is 3.45. The Morgan fingerprint density at radius 2 is 2.22 bits per heavy atom. The molecular formula is C13H15BrN2OS. The van der Waals surface area contributed by atoms with Crippen molar-refractivity contribution in [3.05, 3.63) is 38.8 Å². The van der Waals surface area contributed by atoms with Gasteiger partial charge in [0, 0.05) is 13.5 Å². The number of nitrogens with zero attached hydrogens (tertiary/aromatic N) is 1. The van der Waals surface area contributed by atoms with E-state index in [2.05, 4.69) is 45.3 Å². The van der Waals surface area contributed by atoms with E-state index in [-0.39, 0.29) is 0 Å². The normalized spacial score (nSPS) is 10.4. The Balaban J connectivity index is 2.22. The molecule has 1 aromatic heterocycles. The molecule has 5 heteroatoms. The molecule has 18 heavy (non-hydrogen) atoms. The standard InChI is InChI=1S/C13H15BrN2OS/c1-8-6-9(4-5-11(8)17-3)7-10-12(14)18-13(15-2)16-10/h4-6H,7H2,1-3H3,(H,15,16). The van der Waals surface area contributed by atoms with Crippen molar-refractivity contribution >= 4 is 32.4 Å². The Hall–Kier alpha value is -1.07. The number of hydrogen-bond acceptors (Lipinski definition) is 4. The summed E-state index contributed by atoms with van der Waals surface area (Å²) in [6.07, 6.45) is 0.823. The lowest BCUT2D eigenvalue weighted by atomic mass is 10.1. The fourth-order valence-corrected chi connectivity index (χ4v) is 3.15. The number of benzene rings is 1. The van der Waals surface area contributed by atoms with Crippen LogP contribution in [-0.2, 0) is 6.42 Å². The third-order valence-corrected chi connectivity index (χ3v) is 4.54. The topological polar surface area (TPSA) is 34.2 Å². The third-order valence-electron chi connectivity index (χ3n) is 2.69. The SMILES string of the molecule is CNc1nc(Cc2ccc(OC)c(C)c2)c(Br)s1. The maximum atomic E-state index is 5.26. The van der Waals surface area contributed by atoms with Gasteiger partial charge in [-0.1, -0.05) is 23.5 Å². The zero-order valence-corrected chi connectivity index (χ0v) is 13.0. The van der Waals surface area contributed by atoms with Gasteiger partial charge in [-0.3, -0.25) is 0 Å². The minimum absolute atomic E-state index is 0.823. The number of rotatable bonds is 4. The number of hydrogen-bond donors (Lipinski definition) is 1. The van der Waals surface area contributed by atoms with E-state index in [1.54, 1.807) is 18.4 Å². The summed E-state index contributed by atoms with van der Waals surface area (Å²) >= 11 is 5.17. The molecule has 2 aromatic rings. The van der Waals surface area contributed by atoms with Crippen molar-refractivity contribution in [1.82, 2.24) is 4.98 Å². The van der Waals surface area contributed by atoms with Crippen LogP contribution in [0.25, 0.3) is 0 Å². The number of aromatic nitrogens is 1. The molecule has 0 aliphatic rings. The average Bonchev–Trinajstić information content (AvgIpc) is 2.70. The van der Waals surface area contributed by atoms with Crippen LogP contribution in [0.1, 0.15) is 16.8 Å². The molecule has 1 N–H and O–H groups in total. The van der Waals surface area contributed by atoms with Gasteiger partial charge in [-0.25, -0.2) is 4.98 Å². The lowest BCUT2D eigenvalue weighted by Gasteiger charge is -2.06. The summed E-state index contributed by atoms with van der Waals surface area (Å²) in [5, 5.41) is 3.99. The molecule has 0 atom stereocenters. The van der Waals surface area contributed by atoms with Gasteiger partial charge in [0.05, 0.1) is 16.6 Å². The van der Waals surface area contributed by atoms with Crippen LogP contribution in [0, 0.1) is 6.92 Å². The maximum absolute atomic E-state index is 5.26. The predicted molar refractivity (Wildman–Crippen MR) is 79.9 cm³/mol. The smallest absolute Gasteiger partial charge is 0.183 e. The first-order chi connectivity index (χ1) is 8.63. The van der Waals surface area contributed by atoms with Gasteiger partial charge in [-0.15, -0.1) is 0 Å². The van der Waals surface area contributed by atoms with Gasteiger partial charge >= 0.3 is 0 Å². The number of methoxy groups -OCH3 is 1. The van der Waals surface area contributed by atoms with Crippen LogP contribution in [-0.4, -0.2) is 19.1 Å². The highest BCUT2D eigenvalue weighted by molar-refractivity contribution is 9.11. The van der Waals surface area contributed by atoms with Gasteiger partial charge < -0.3 is 10.1 Å². The first-order valence-electron chi connectivity index (χ1n) is 5.60. The Morgan fingerprint density at radius 3 is 2.78 bits per heavy atom. The van der Waals surface area contributed by atoms with Gasteiger partial charge in [0.25, 0.3) is 0 Å². The molecule has 0 aliphatic heterocycles. The number of halogens is 1. The largest absolute Gasteiger partial charge is 0.496 e. The van der Waals surface area contributed by atoms with Crippen molar-refractivity contribution in [3.63, 3.8) is 0 Å². The molecule has 2 rings (SSSR count). The van der Waals surface area contributed by atoms with E-state index in [1.807, 2.05) is 13.1 Å². The Bertz CT molecular complexity index is 554. The Labute approximate surface area is 119 Å². The summed E-state index contributed by atoms with van der Waals surface area (Å²) in [6, 6.07) is 6.23. The number of nitrogens with one attached hydrogen (secondary N) is 1. The molecule has 0 amide bonds. The average molecular weight is 327 g/mol. The monoisotopic (exact) mass is 326 g/mol. The van der Waals surface area contributed by atoms with E-state index in [9.17, 15) is 0 Å². The minimum atomic E-state index is 0.823. The van der Waals surface area contributed by atoms with Gasteiger partial charge in [0.15, 0.2) is 5.13 Å². The van der Waals surface area contributed by atoms with Crippen LogP contribution in [0.4, 0.5) is 5.13 Å². The van der Waals surface area contributed by atoms with Crippen molar-refractivity contribution in [2.24, 2.45) is 0 Å². The highest BCUT2D eigenvalue weighted by Gasteiger charge is 2.09. The number of thiazole rings is 1. The van der Waals surface area contributed by atoms with E-state index in [1.165, 1.54) is 5.56 Å². The second kappa shape index (κ2) is 5.71. The quantitative estimate of drug-likeness (QED) is 0.926. The fraction of sp³-hybridized carbons (Fsp3) is 0.308. The zero-order chi connectivity index (χ0) is 13.1. The Morgan fingerprint density at radius 1 is 1.44 bits per heavy atom. The first kappa shape index (κ1) is 13.4. The third kappa shape index (κ3) is 2.84. The molecule has 0 radical (unpaired) electrons. The first-order valence-corrected chi connectivity index (χ1v) is 7.21. The van der Waals surface area contributed by atoms with Crippen LogP contribution >= 0.6 is 27.3 Å². The van der Waals surface area contributed by atoms with E-state index >= 15 is 0 Å². The van der Waals surface area contributed by atoms with Crippen LogP contribution in [0.15, 0.2) is 22.0 Å². The minimum Gasteiger partial charge on any atom is -0.496 e. The van der Waals surface area contributed by atoms with Crippen LogP contribution in [0.2, 0.25) is 0 Å². The van der Waals surface area contributed by atoms with Crippen LogP contribution in [0.3, 0.4) is 0 Å². The second-order valence-electron chi connectivity index (χ2n) is 3.97. The van der Waals surface area contributed by atoms with Gasteiger partial charge in [0.1, 0.15) is 5.75 Å². The molecule has 1 aromatic carbocycles. The van der Waals surface area contributed by atoms with Crippen LogP contribution in [0.5, 0.6) is 5.75 Å². The molecule has 3 nitrogen and oxygen atoms in total. The van der Waals surface area contributed by atoms with Gasteiger partial charge in [-0.2, -0.15) is 0 Å². The van der Waals surface area contributed by atoms with Gasteiger partial charge in [-0.05, 0) is 40.0 Å². The lowest BCUT2D eigenvalue weighted by Crippen LogP contribution is -1.94. The summed E-state index contributed by atoms with van der Waals surface area (Å²) in [4.78, 5) is 4.53. The molecular weight excluding hydrogens is 312 g/mol. The molecule has 0 unspecified atom stereocenters. The van der Waals surface area contributed by atoms with Crippen molar-refractivity contribution < 1.29 is 4.74 Å². The fourth-order valence-electron chi connectivity index (χ4n) is 1.79. The number of ether oxygens (including phenoxy) is 1. The molecule has 0 spiro atoms. The van der Waals surface area contributed by atoms with Crippen molar-refractivity contribution in [2.75, 3.05) is 19.5 Å². The predicted octanol–water partition coefficient (Wildman–Crippen LogP) is 3.86. The summed E-state index contributed by atoms with van der Waals surface area (Å²) in [5.74, 6) is 0.923. The van der Waals surface area contributed by atoms with Crippen LogP contribution < -0.4 is 10.1 Å². The van der Waals surface area contributed by atoms with Gasteiger partial charge in [0.2, 0.25) is 0 Å². The highest BCUT2D eigenvalue weighted by atomic mass is 79.9. The number of anilines is 1. The van der Waals surface area contributed by atoms with E-state index in [0.717, 1.165) is 32.3 Å². The maximum Gasteiger partial charge on any atom is 0.183 e. The number of aryl methyl sites for hydroxylation is 1. The van der Waals surface area contributed by atoms with E-state index < -0.39 is 0 Å². The second-order valence-corrected chi connectivity index (χ2v) is 6.29. The highest BCUT2D eigenvalue weighted by Crippen LogP contribution is 2.30. The molecule has 0 aliphatic carbocycles. The van der Waals surface area contributed by atoms with Crippen molar-refractivity contribution in [2.45, 2.75) is 13.3 Å². The summed E-state index contributed by atoms with van der Waals surface area (Å²) in [6.45, 7) is 2.05. The summed E-state index contributed by atoms with van der Waals surface area (Å²) < 4.78 is 6.35. The summed E-state index contributed by atoms with van der Waals surface area (Å²) in [7, 11) is 3.57. The van der Waals surface area contributed by atoms with E-state index in [4.69, 9.17) is 4.74 Å². The molecule has 96 valence electrons. The molecule has 1 heterocycles. The van der Waals surface area contributed by atoms with E-state index in [0.29, 0.717) is 0 Å². The molecule has 0 saturated carbocycles. The zero-order valence-electron chi connectivity index (χ0n) is 10.6. The lowest BCUT2D eigenvalue weighted by molar-refractivity contribution is 0.411. The Kier molecular flexibility index (Phi) is 4.24. The van der Waals surface area contributed by atoms with Crippen molar-refractivity contribution in [3.8, 4) is 5.75 Å². The van der Waals surface area contributed by atoms with Crippen molar-refractivity contribution in [1.29, 1.82) is 0 Å². The molecule has 0 bridgehead atoms.